The molecule has 0 aliphatic rings. The second-order valence-corrected chi connectivity index (χ2v) is 7.75. The monoisotopic (exact) mass is 416 g/mol. The second kappa shape index (κ2) is 18.4. The van der Waals surface area contributed by atoms with E-state index in [2.05, 4.69) is 20.8 Å². The Bertz CT molecular complexity index is 151. The molecule has 0 aliphatic heterocycles. The third-order valence-electron chi connectivity index (χ3n) is 2.76. The molecule has 0 aliphatic carbocycles. The summed E-state index contributed by atoms with van der Waals surface area (Å²) in [6, 6.07) is 0. The fourth-order valence-electron chi connectivity index (χ4n) is 1.67. The minimum Gasteiger partial charge on any atom is -1.00 e. The van der Waals surface area contributed by atoms with Gasteiger partial charge < -0.3 is 38.5 Å². The van der Waals surface area contributed by atoms with Crippen molar-refractivity contribution in [2.45, 2.75) is 59.3 Å². The van der Waals surface area contributed by atoms with Gasteiger partial charge in [0, 0.05) is 18.5 Å². The van der Waals surface area contributed by atoms with Gasteiger partial charge in [-0.3, -0.25) is 0 Å². The first-order chi connectivity index (χ1) is 6.68. The topological polar surface area (TPSA) is 17.1 Å². The van der Waals surface area contributed by atoms with Crippen LogP contribution in [0.2, 0.25) is 0 Å². The number of hydrogen-bond acceptors (Lipinski definition) is 1. The van der Waals surface area contributed by atoms with Gasteiger partial charge in [0.25, 0.3) is 0 Å². The number of hydrogen-bond donors (Lipinski definition) is 0. The molecule has 0 rings (SSSR count). The third kappa shape index (κ3) is 16.4. The summed E-state index contributed by atoms with van der Waals surface area (Å²) in [6.07, 6.45) is 10.0. The normalized spacial score (nSPS) is 9.82. The first-order valence-electron chi connectivity index (χ1n) is 6.25. The van der Waals surface area contributed by atoms with Crippen LogP contribution in [0.4, 0.5) is 0 Å². The van der Waals surface area contributed by atoms with Crippen LogP contribution in [0.15, 0.2) is 0 Å². The van der Waals surface area contributed by atoms with Crippen molar-refractivity contribution in [2.24, 2.45) is 0 Å². The predicted octanol–water partition coefficient (Wildman–Crippen LogP) is -1.62. The average molecular weight is 418 g/mol. The molecule has 0 fully saturated rings. The summed E-state index contributed by atoms with van der Waals surface area (Å²) >= 11 is 0. The summed E-state index contributed by atoms with van der Waals surface area (Å²) in [5.74, 6) is 0. The Morgan fingerprint density at radius 3 is 1.12 bits per heavy atom. The minimum atomic E-state index is -1.77. The standard InChI is InChI=1S/C12H27OP.2BrH.Ca/c1-4-7-10-14(13,11-8-5-2)12-9-6-3;;;/h4-12H2,1-3H3;2*1H;/q;;;+2/p-2. The van der Waals surface area contributed by atoms with E-state index in [0.29, 0.717) is 0 Å². The summed E-state index contributed by atoms with van der Waals surface area (Å²) in [4.78, 5) is 0. The zero-order chi connectivity index (χ0) is 10.9. The summed E-state index contributed by atoms with van der Waals surface area (Å²) in [5.41, 5.74) is 0. The van der Waals surface area contributed by atoms with Gasteiger partial charge in [-0.05, 0) is 19.3 Å². The van der Waals surface area contributed by atoms with Gasteiger partial charge in [-0.25, -0.2) is 0 Å². The molecule has 102 valence electrons. The zero-order valence-corrected chi connectivity index (χ0v) is 18.0. The molecule has 17 heavy (non-hydrogen) atoms. The van der Waals surface area contributed by atoms with E-state index in [1.54, 1.807) is 0 Å². The van der Waals surface area contributed by atoms with Crippen molar-refractivity contribution in [1.29, 1.82) is 0 Å². The van der Waals surface area contributed by atoms with Crippen LogP contribution in [0.1, 0.15) is 59.3 Å². The van der Waals surface area contributed by atoms with E-state index in [-0.39, 0.29) is 71.7 Å². The molecule has 0 bridgehead atoms. The molecule has 1 nitrogen and oxygen atoms in total. The van der Waals surface area contributed by atoms with Gasteiger partial charge in [-0.1, -0.05) is 40.0 Å². The van der Waals surface area contributed by atoms with Gasteiger partial charge in [-0.2, -0.15) is 0 Å². The second-order valence-electron chi connectivity index (χ2n) is 4.29. The number of unbranched alkanes of at least 4 members (excludes halogenated alkanes) is 3. The molecule has 0 radical (unpaired) electrons. The minimum absolute atomic E-state index is 0. The van der Waals surface area contributed by atoms with E-state index in [4.69, 9.17) is 0 Å². The van der Waals surface area contributed by atoms with Gasteiger partial charge in [-0.15, -0.1) is 0 Å². The van der Waals surface area contributed by atoms with Crippen LogP contribution in [-0.4, -0.2) is 56.2 Å². The van der Waals surface area contributed by atoms with Crippen LogP contribution in [0, 0.1) is 0 Å². The van der Waals surface area contributed by atoms with Crippen molar-refractivity contribution in [1.82, 2.24) is 0 Å². The van der Waals surface area contributed by atoms with Gasteiger partial charge in [0.1, 0.15) is 0 Å². The van der Waals surface area contributed by atoms with Crippen molar-refractivity contribution in [2.75, 3.05) is 18.5 Å². The molecule has 0 aromatic rings. The van der Waals surface area contributed by atoms with Gasteiger partial charge in [0.2, 0.25) is 0 Å². The van der Waals surface area contributed by atoms with Crippen LogP contribution < -0.4 is 34.0 Å². The van der Waals surface area contributed by atoms with Crippen molar-refractivity contribution < 1.29 is 38.5 Å². The molecule has 0 heterocycles. The van der Waals surface area contributed by atoms with Gasteiger partial charge >= 0.3 is 37.7 Å². The Morgan fingerprint density at radius 1 is 0.706 bits per heavy atom. The van der Waals surface area contributed by atoms with Gasteiger partial charge in [0.15, 0.2) is 0 Å². The summed E-state index contributed by atoms with van der Waals surface area (Å²) in [5, 5.41) is 0. The number of halogens is 2. The van der Waals surface area contributed by atoms with Crippen LogP contribution >= 0.6 is 7.14 Å². The Morgan fingerprint density at radius 2 is 0.941 bits per heavy atom. The molecule has 0 spiro atoms. The Labute approximate surface area is 159 Å². The maximum Gasteiger partial charge on any atom is 2.00 e. The molecule has 0 amide bonds. The molecule has 0 atom stereocenters. The third-order valence-corrected chi connectivity index (χ3v) is 6.15. The molecule has 0 saturated carbocycles. The largest absolute Gasteiger partial charge is 2.00 e. The molecule has 0 aromatic heterocycles. The van der Waals surface area contributed by atoms with Crippen molar-refractivity contribution in [3.63, 3.8) is 0 Å². The van der Waals surface area contributed by atoms with Crippen LogP contribution in [0.3, 0.4) is 0 Å². The van der Waals surface area contributed by atoms with E-state index in [0.717, 1.165) is 37.7 Å². The van der Waals surface area contributed by atoms with Crippen LogP contribution in [-0.2, 0) is 4.57 Å². The van der Waals surface area contributed by atoms with Crippen LogP contribution in [0.5, 0.6) is 0 Å². The van der Waals surface area contributed by atoms with E-state index >= 15 is 0 Å². The smallest absolute Gasteiger partial charge is 1.00 e. The fourth-order valence-corrected chi connectivity index (χ4v) is 5.02. The molecule has 0 saturated heterocycles. The fraction of sp³-hybridized carbons (Fsp3) is 1.00. The average Bonchev–Trinajstić information content (AvgIpc) is 2.21. The molecule has 0 unspecified atom stereocenters. The maximum atomic E-state index is 12.5. The van der Waals surface area contributed by atoms with Crippen molar-refractivity contribution >= 4 is 44.9 Å². The van der Waals surface area contributed by atoms with E-state index in [1.807, 2.05) is 0 Å². The first kappa shape index (κ1) is 27.7. The summed E-state index contributed by atoms with van der Waals surface area (Å²) < 4.78 is 12.5. The Kier molecular flexibility index (Phi) is 30.1. The molecule has 0 N–H and O–H groups in total. The van der Waals surface area contributed by atoms with E-state index in [1.165, 1.54) is 19.3 Å². The van der Waals surface area contributed by atoms with Crippen molar-refractivity contribution in [3.8, 4) is 0 Å². The summed E-state index contributed by atoms with van der Waals surface area (Å²) in [7, 11) is -1.77. The molecule has 0 aromatic carbocycles. The Hall–Kier alpha value is 2.45. The van der Waals surface area contributed by atoms with Crippen molar-refractivity contribution in [3.05, 3.63) is 0 Å². The van der Waals surface area contributed by atoms with Gasteiger partial charge in [0.05, 0.1) is 7.14 Å². The summed E-state index contributed by atoms with van der Waals surface area (Å²) in [6.45, 7) is 6.55. The quantitative estimate of drug-likeness (QED) is 0.325. The van der Waals surface area contributed by atoms with E-state index < -0.39 is 7.14 Å². The Balaban J connectivity index is -0.000000282. The molecular weight excluding hydrogens is 391 g/mol. The number of rotatable bonds is 9. The first-order valence-corrected chi connectivity index (χ1v) is 8.52. The predicted molar refractivity (Wildman–Crippen MR) is 72.7 cm³/mol. The molecular formula is C12H27Br2CaOP. The van der Waals surface area contributed by atoms with Crippen LogP contribution in [0.25, 0.3) is 0 Å². The SMILES string of the molecule is CCCCP(=O)(CCCC)CCCC.[Br-].[Br-].[Ca+2]. The molecule has 5 heteroatoms. The van der Waals surface area contributed by atoms with E-state index in [9.17, 15) is 4.57 Å². The maximum absolute atomic E-state index is 12.5. The zero-order valence-electron chi connectivity index (χ0n) is 11.7.